The summed E-state index contributed by atoms with van der Waals surface area (Å²) in [6, 6.07) is 9.46. The van der Waals surface area contributed by atoms with Crippen molar-refractivity contribution in [3.8, 4) is 5.69 Å². The highest BCUT2D eigenvalue weighted by Gasteiger charge is 2.17. The van der Waals surface area contributed by atoms with E-state index in [0.29, 0.717) is 23.1 Å². The Morgan fingerprint density at radius 3 is 2.52 bits per heavy atom. The van der Waals surface area contributed by atoms with Crippen LogP contribution in [0.25, 0.3) is 5.69 Å². The van der Waals surface area contributed by atoms with Gasteiger partial charge in [-0.2, -0.15) is 0 Å². The van der Waals surface area contributed by atoms with Crippen LogP contribution in [0.5, 0.6) is 0 Å². The van der Waals surface area contributed by atoms with Crippen LogP contribution < -0.4 is 10.6 Å². The van der Waals surface area contributed by atoms with Gasteiger partial charge in [-0.3, -0.25) is 19.1 Å². The fourth-order valence-corrected chi connectivity index (χ4v) is 3.19. The number of carbonyl (C=O) groups is 2. The van der Waals surface area contributed by atoms with Crippen molar-refractivity contribution in [2.75, 3.05) is 12.8 Å². The number of hydrogen-bond donors (Lipinski definition) is 2. The van der Waals surface area contributed by atoms with Gasteiger partial charge in [0.2, 0.25) is 5.91 Å². The summed E-state index contributed by atoms with van der Waals surface area (Å²) in [6.07, 6.45) is 6.78. The first kappa shape index (κ1) is 20.5. The molecule has 0 saturated heterocycles. The monoisotopic (exact) mass is 413 g/mol. The minimum atomic E-state index is -0.358. The molecule has 29 heavy (non-hydrogen) atoms. The SMILES string of the molecule is CSc1ncc(C(=O)NCCC(=O)NCc2ccncc2)n1-c1ccc(F)cc1. The minimum absolute atomic E-state index is 0.150. The molecule has 3 aromatic rings. The lowest BCUT2D eigenvalue weighted by Crippen LogP contribution is -2.31. The number of thioether (sulfide) groups is 1. The molecule has 0 aliphatic heterocycles. The van der Waals surface area contributed by atoms with E-state index >= 15 is 0 Å². The second-order valence-electron chi connectivity index (χ2n) is 6.08. The normalized spacial score (nSPS) is 10.6. The Balaban J connectivity index is 1.57. The number of imidazole rings is 1. The van der Waals surface area contributed by atoms with Gasteiger partial charge in [0.05, 0.1) is 6.20 Å². The van der Waals surface area contributed by atoms with Crippen LogP contribution >= 0.6 is 11.8 Å². The molecule has 7 nitrogen and oxygen atoms in total. The average Bonchev–Trinajstić information content (AvgIpc) is 3.18. The number of pyridine rings is 1. The van der Waals surface area contributed by atoms with E-state index in [1.54, 1.807) is 29.1 Å². The van der Waals surface area contributed by atoms with Crippen molar-refractivity contribution in [1.29, 1.82) is 0 Å². The summed E-state index contributed by atoms with van der Waals surface area (Å²) in [5.41, 5.74) is 1.90. The smallest absolute Gasteiger partial charge is 0.269 e. The highest BCUT2D eigenvalue weighted by Crippen LogP contribution is 2.22. The molecule has 2 amide bonds. The Morgan fingerprint density at radius 2 is 1.83 bits per heavy atom. The van der Waals surface area contributed by atoms with Crippen LogP contribution in [0.1, 0.15) is 22.5 Å². The number of nitrogens with one attached hydrogen (secondary N) is 2. The molecule has 0 unspecified atom stereocenters. The number of halogens is 1. The first-order valence-corrected chi connectivity index (χ1v) is 10.1. The molecule has 1 aromatic carbocycles. The summed E-state index contributed by atoms with van der Waals surface area (Å²) in [5.74, 6) is -0.883. The molecule has 9 heteroatoms. The van der Waals surface area contributed by atoms with Gasteiger partial charge < -0.3 is 10.6 Å². The molecular weight excluding hydrogens is 393 g/mol. The van der Waals surface area contributed by atoms with Crippen LogP contribution in [0, 0.1) is 5.82 Å². The van der Waals surface area contributed by atoms with Gasteiger partial charge in [-0.1, -0.05) is 11.8 Å². The predicted octanol–water partition coefficient (Wildman–Crippen LogP) is 2.56. The molecule has 150 valence electrons. The molecule has 0 saturated carbocycles. The van der Waals surface area contributed by atoms with Crippen molar-refractivity contribution in [3.05, 3.63) is 72.1 Å². The summed E-state index contributed by atoms with van der Waals surface area (Å²) in [7, 11) is 0. The zero-order valence-corrected chi connectivity index (χ0v) is 16.6. The fraction of sp³-hybridized carbons (Fsp3) is 0.200. The van der Waals surface area contributed by atoms with E-state index in [2.05, 4.69) is 20.6 Å². The molecule has 3 rings (SSSR count). The maximum Gasteiger partial charge on any atom is 0.269 e. The van der Waals surface area contributed by atoms with Crippen LogP contribution in [0.15, 0.2) is 60.1 Å². The van der Waals surface area contributed by atoms with Gasteiger partial charge in [0, 0.05) is 37.6 Å². The number of hydrogen-bond acceptors (Lipinski definition) is 5. The van der Waals surface area contributed by atoms with Crippen LogP contribution in [0.4, 0.5) is 4.39 Å². The van der Waals surface area contributed by atoms with Crippen molar-refractivity contribution in [2.45, 2.75) is 18.1 Å². The summed E-state index contributed by atoms with van der Waals surface area (Å²) >= 11 is 1.38. The van der Waals surface area contributed by atoms with E-state index in [1.165, 1.54) is 30.1 Å². The summed E-state index contributed by atoms with van der Waals surface area (Å²) in [4.78, 5) is 32.7. The van der Waals surface area contributed by atoms with Crippen LogP contribution in [-0.2, 0) is 11.3 Å². The van der Waals surface area contributed by atoms with Gasteiger partial charge in [-0.05, 0) is 48.2 Å². The zero-order chi connectivity index (χ0) is 20.6. The minimum Gasteiger partial charge on any atom is -0.352 e. The molecule has 0 fully saturated rings. The number of carbonyl (C=O) groups excluding carboxylic acids is 2. The Kier molecular flexibility index (Phi) is 6.96. The van der Waals surface area contributed by atoms with E-state index in [4.69, 9.17) is 0 Å². The largest absolute Gasteiger partial charge is 0.352 e. The summed E-state index contributed by atoms with van der Waals surface area (Å²) < 4.78 is 14.9. The van der Waals surface area contributed by atoms with E-state index in [1.807, 2.05) is 18.4 Å². The van der Waals surface area contributed by atoms with Gasteiger partial charge in [-0.25, -0.2) is 9.37 Å². The van der Waals surface area contributed by atoms with Crippen molar-refractivity contribution < 1.29 is 14.0 Å². The van der Waals surface area contributed by atoms with E-state index in [9.17, 15) is 14.0 Å². The van der Waals surface area contributed by atoms with Gasteiger partial charge in [-0.15, -0.1) is 0 Å². The number of nitrogens with zero attached hydrogens (tertiary/aromatic N) is 3. The molecule has 2 N–H and O–H groups in total. The topological polar surface area (TPSA) is 88.9 Å². The van der Waals surface area contributed by atoms with E-state index < -0.39 is 0 Å². The Bertz CT molecular complexity index is 976. The number of benzene rings is 1. The van der Waals surface area contributed by atoms with Gasteiger partial charge >= 0.3 is 0 Å². The number of aromatic nitrogens is 3. The molecule has 0 radical (unpaired) electrons. The maximum absolute atomic E-state index is 13.2. The molecule has 2 heterocycles. The van der Waals surface area contributed by atoms with Crippen molar-refractivity contribution in [1.82, 2.24) is 25.2 Å². The number of amides is 2. The molecule has 0 spiro atoms. The predicted molar refractivity (Wildman–Crippen MR) is 108 cm³/mol. The molecule has 2 aromatic heterocycles. The Morgan fingerprint density at radius 1 is 1.10 bits per heavy atom. The molecule has 0 bridgehead atoms. The van der Waals surface area contributed by atoms with Crippen LogP contribution in [0.2, 0.25) is 0 Å². The van der Waals surface area contributed by atoms with Gasteiger partial charge in [0.1, 0.15) is 11.5 Å². The third-order valence-electron chi connectivity index (χ3n) is 4.11. The Labute approximate surface area is 171 Å². The summed E-state index contributed by atoms with van der Waals surface area (Å²) in [5, 5.41) is 6.14. The summed E-state index contributed by atoms with van der Waals surface area (Å²) in [6.45, 7) is 0.591. The molecular formula is C20H20FN5O2S. The second kappa shape index (κ2) is 9.83. The van der Waals surface area contributed by atoms with Gasteiger partial charge in [0.15, 0.2) is 5.16 Å². The zero-order valence-electron chi connectivity index (χ0n) is 15.8. The standard InChI is InChI=1S/C20H20FN5O2S/c1-29-20-25-13-17(26(20)16-4-2-15(21)3-5-16)19(28)23-11-8-18(27)24-12-14-6-9-22-10-7-14/h2-7,9-10,13H,8,11-12H2,1H3,(H,23,28)(H,24,27). The van der Waals surface area contributed by atoms with Crippen LogP contribution in [0.3, 0.4) is 0 Å². The number of rotatable bonds is 8. The molecule has 0 atom stereocenters. The lowest BCUT2D eigenvalue weighted by atomic mass is 10.2. The third kappa shape index (κ3) is 5.41. The van der Waals surface area contributed by atoms with Gasteiger partial charge in [0.25, 0.3) is 5.91 Å². The second-order valence-corrected chi connectivity index (χ2v) is 6.85. The van der Waals surface area contributed by atoms with Crippen molar-refractivity contribution in [2.24, 2.45) is 0 Å². The quantitative estimate of drug-likeness (QED) is 0.554. The van der Waals surface area contributed by atoms with E-state index in [-0.39, 0.29) is 30.6 Å². The molecule has 0 aliphatic rings. The first-order chi connectivity index (χ1) is 14.1. The third-order valence-corrected chi connectivity index (χ3v) is 4.76. The fourth-order valence-electron chi connectivity index (χ4n) is 2.65. The first-order valence-electron chi connectivity index (χ1n) is 8.90. The average molecular weight is 413 g/mol. The highest BCUT2D eigenvalue weighted by atomic mass is 32.2. The maximum atomic E-state index is 13.2. The lowest BCUT2D eigenvalue weighted by molar-refractivity contribution is -0.121. The van der Waals surface area contributed by atoms with Crippen molar-refractivity contribution in [3.63, 3.8) is 0 Å². The lowest BCUT2D eigenvalue weighted by Gasteiger charge is -2.11. The Hall–Kier alpha value is -3.20. The van der Waals surface area contributed by atoms with Crippen molar-refractivity contribution >= 4 is 23.6 Å². The highest BCUT2D eigenvalue weighted by molar-refractivity contribution is 7.98. The van der Waals surface area contributed by atoms with Crippen LogP contribution in [-0.4, -0.2) is 39.1 Å². The van der Waals surface area contributed by atoms with E-state index in [0.717, 1.165) is 5.56 Å². The molecule has 0 aliphatic carbocycles.